The van der Waals surface area contributed by atoms with Gasteiger partial charge in [-0.15, -0.1) is 0 Å². The van der Waals surface area contributed by atoms with E-state index < -0.39 is 22.2 Å². The highest BCUT2D eigenvalue weighted by molar-refractivity contribution is 6.05. The maximum Gasteiger partial charge on any atom is 0.216 e. The van der Waals surface area contributed by atoms with Crippen LogP contribution in [0.3, 0.4) is 0 Å². The number of allylic oxidation sites excluding steroid dienone is 1. The first-order chi connectivity index (χ1) is 12.5. The van der Waals surface area contributed by atoms with E-state index in [1.54, 1.807) is 0 Å². The van der Waals surface area contributed by atoms with Gasteiger partial charge in [-0.05, 0) is 52.9 Å². The number of carbonyl (C=O) groups excluding carboxylic acids is 1. The van der Waals surface area contributed by atoms with Crippen LogP contribution in [0.15, 0.2) is 11.5 Å². The predicted molar refractivity (Wildman–Crippen MR) is 97.6 cm³/mol. The van der Waals surface area contributed by atoms with Gasteiger partial charge in [0.1, 0.15) is 11.0 Å². The third kappa shape index (κ3) is 2.04. The number of carbonyl (C=O) groups is 1. The number of aliphatic hydroxyl groups is 1. The highest BCUT2D eigenvalue weighted by atomic mass is 16.7. The van der Waals surface area contributed by atoms with E-state index >= 15 is 0 Å². The van der Waals surface area contributed by atoms with E-state index in [1.165, 1.54) is 0 Å². The van der Waals surface area contributed by atoms with Crippen LogP contribution < -0.4 is 0 Å². The lowest BCUT2D eigenvalue weighted by Crippen LogP contribution is -2.65. The molecule has 3 atom stereocenters. The molecule has 0 amide bonds. The van der Waals surface area contributed by atoms with Crippen LogP contribution in [0.5, 0.6) is 0 Å². The molecule has 4 rings (SSSR count). The molecule has 27 heavy (non-hydrogen) atoms. The molecule has 0 unspecified atom stereocenters. The second-order valence-electron chi connectivity index (χ2n) is 9.63. The molecular formula is C21H32O6. The van der Waals surface area contributed by atoms with Crippen LogP contribution in [-0.4, -0.2) is 47.7 Å². The number of hydrogen-bond donors (Lipinski definition) is 1. The second-order valence-corrected chi connectivity index (χ2v) is 9.63. The van der Waals surface area contributed by atoms with Crippen molar-refractivity contribution < 1.29 is 28.8 Å². The topological polar surface area (TPSA) is 74.2 Å². The third-order valence-electron chi connectivity index (χ3n) is 6.83. The molecule has 1 N–H and O–H groups in total. The van der Waals surface area contributed by atoms with Crippen LogP contribution in [-0.2, 0) is 23.7 Å². The molecule has 0 bridgehead atoms. The van der Waals surface area contributed by atoms with Crippen molar-refractivity contribution >= 4 is 5.78 Å². The Balaban J connectivity index is 1.95. The van der Waals surface area contributed by atoms with Gasteiger partial charge in [0.2, 0.25) is 11.5 Å². The van der Waals surface area contributed by atoms with Crippen LogP contribution in [0.2, 0.25) is 0 Å². The summed E-state index contributed by atoms with van der Waals surface area (Å²) in [6.45, 7) is 12.5. The van der Waals surface area contributed by atoms with Gasteiger partial charge in [0.25, 0.3) is 0 Å². The molecule has 2 spiro atoms. The molecule has 2 saturated carbocycles. The van der Waals surface area contributed by atoms with Gasteiger partial charge in [-0.25, -0.2) is 0 Å². The molecule has 1 saturated heterocycles. The van der Waals surface area contributed by atoms with Crippen molar-refractivity contribution in [1.29, 1.82) is 0 Å². The first-order valence-electron chi connectivity index (χ1n) is 10.2. The van der Waals surface area contributed by atoms with Gasteiger partial charge < -0.3 is 24.1 Å². The maximum atomic E-state index is 14.0. The fourth-order valence-corrected chi connectivity index (χ4v) is 6.26. The summed E-state index contributed by atoms with van der Waals surface area (Å²) in [7, 11) is 0. The van der Waals surface area contributed by atoms with Crippen molar-refractivity contribution in [2.75, 3.05) is 13.2 Å². The zero-order valence-electron chi connectivity index (χ0n) is 17.3. The van der Waals surface area contributed by atoms with E-state index in [0.717, 1.165) is 12.8 Å². The van der Waals surface area contributed by atoms with Gasteiger partial charge in [0, 0.05) is 5.41 Å². The van der Waals surface area contributed by atoms with E-state index in [-0.39, 0.29) is 35.4 Å². The van der Waals surface area contributed by atoms with E-state index in [2.05, 4.69) is 13.8 Å². The summed E-state index contributed by atoms with van der Waals surface area (Å²) in [6.07, 6.45) is 1.54. The lowest BCUT2D eigenvalue weighted by molar-refractivity contribution is -0.292. The molecule has 0 aromatic heterocycles. The summed E-state index contributed by atoms with van der Waals surface area (Å²) in [5, 5.41) is 12.1. The molecule has 0 radical (unpaired) electrons. The molecule has 152 valence electrons. The molecule has 4 aliphatic rings. The quantitative estimate of drug-likeness (QED) is 0.808. The summed E-state index contributed by atoms with van der Waals surface area (Å²) in [5.41, 5.74) is -3.09. The fourth-order valence-electron chi connectivity index (χ4n) is 6.26. The average molecular weight is 380 g/mol. The molecular weight excluding hydrogens is 348 g/mol. The predicted octanol–water partition coefficient (Wildman–Crippen LogP) is 2.93. The van der Waals surface area contributed by atoms with Crippen molar-refractivity contribution in [1.82, 2.24) is 0 Å². The summed E-state index contributed by atoms with van der Waals surface area (Å²) in [6, 6.07) is 0. The Bertz CT molecular complexity index is 687. The number of Topliss-reactive ketones (excluding diaryl/α,β-unsaturated/α-hetero) is 1. The Hall–Kier alpha value is -1.11. The average Bonchev–Trinajstić information content (AvgIpc) is 3.23. The highest BCUT2D eigenvalue weighted by Gasteiger charge is 2.87. The summed E-state index contributed by atoms with van der Waals surface area (Å²) >= 11 is 0. The number of hydrogen-bond acceptors (Lipinski definition) is 6. The largest absolute Gasteiger partial charge is 0.488 e. The van der Waals surface area contributed by atoms with Crippen molar-refractivity contribution in [3.8, 4) is 0 Å². The van der Waals surface area contributed by atoms with Gasteiger partial charge in [-0.3, -0.25) is 4.79 Å². The van der Waals surface area contributed by atoms with Crippen molar-refractivity contribution in [3.05, 3.63) is 11.5 Å². The normalized spacial score (nSPS) is 39.0. The number of ketones is 1. The van der Waals surface area contributed by atoms with E-state index in [9.17, 15) is 9.90 Å². The van der Waals surface area contributed by atoms with E-state index in [4.69, 9.17) is 18.9 Å². The SMILES string of the molecule is CC(C)OC1=C(OC(C)C)[C@]2(O)CC[C@H]3CC(C)(C)C4(OCCO4)[C@]32C1=O. The van der Waals surface area contributed by atoms with Gasteiger partial charge in [0.05, 0.1) is 25.4 Å². The molecule has 3 fully saturated rings. The van der Waals surface area contributed by atoms with Gasteiger partial charge in [-0.2, -0.15) is 0 Å². The molecule has 0 aromatic carbocycles. The number of ether oxygens (including phenoxy) is 4. The van der Waals surface area contributed by atoms with Gasteiger partial charge in [0.15, 0.2) is 11.5 Å². The standard InChI is InChI=1S/C21H32O6/c1-12(2)26-15-16(22)20-14(7-8-19(20,23)17(15)27-13(3)4)11-18(5,6)21(20)24-9-10-25-21/h12-14,23H,7-11H2,1-6H3/t14-,19+,20-/m0/s1. The van der Waals surface area contributed by atoms with Crippen LogP contribution in [0.1, 0.15) is 60.8 Å². The van der Waals surface area contributed by atoms with Crippen LogP contribution in [0.4, 0.5) is 0 Å². The van der Waals surface area contributed by atoms with E-state index in [0.29, 0.717) is 19.6 Å². The van der Waals surface area contributed by atoms with Crippen molar-refractivity contribution in [3.63, 3.8) is 0 Å². The second kappa shape index (κ2) is 5.71. The summed E-state index contributed by atoms with van der Waals surface area (Å²) in [4.78, 5) is 14.0. The minimum absolute atomic E-state index is 0.0397. The lowest BCUT2D eigenvalue weighted by Gasteiger charge is -2.49. The Morgan fingerprint density at radius 1 is 1.07 bits per heavy atom. The maximum absolute atomic E-state index is 14.0. The van der Waals surface area contributed by atoms with Gasteiger partial charge >= 0.3 is 0 Å². The summed E-state index contributed by atoms with van der Waals surface area (Å²) in [5.74, 6) is -0.996. The number of rotatable bonds is 4. The first kappa shape index (κ1) is 19.2. The molecule has 3 aliphatic carbocycles. The monoisotopic (exact) mass is 380 g/mol. The molecule has 0 aromatic rings. The first-order valence-corrected chi connectivity index (χ1v) is 10.2. The third-order valence-corrected chi connectivity index (χ3v) is 6.83. The smallest absolute Gasteiger partial charge is 0.216 e. The van der Waals surface area contributed by atoms with Gasteiger partial charge in [-0.1, -0.05) is 13.8 Å². The lowest BCUT2D eigenvalue weighted by atomic mass is 9.64. The summed E-state index contributed by atoms with van der Waals surface area (Å²) < 4.78 is 24.5. The van der Waals surface area contributed by atoms with Crippen LogP contribution in [0.25, 0.3) is 0 Å². The zero-order valence-corrected chi connectivity index (χ0v) is 17.3. The Kier molecular flexibility index (Phi) is 4.06. The molecule has 6 heteroatoms. The Labute approximate surface area is 161 Å². The van der Waals surface area contributed by atoms with E-state index in [1.807, 2.05) is 27.7 Å². The molecule has 1 heterocycles. The van der Waals surface area contributed by atoms with Crippen molar-refractivity contribution in [2.45, 2.75) is 84.4 Å². The minimum atomic E-state index is -1.47. The molecule has 1 aliphatic heterocycles. The van der Waals surface area contributed by atoms with Crippen LogP contribution >= 0.6 is 0 Å². The minimum Gasteiger partial charge on any atom is -0.488 e. The van der Waals surface area contributed by atoms with Crippen LogP contribution in [0, 0.1) is 16.7 Å². The highest BCUT2D eigenvalue weighted by Crippen LogP contribution is 2.76. The fraction of sp³-hybridized carbons (Fsp3) is 0.857. The Morgan fingerprint density at radius 3 is 2.22 bits per heavy atom. The molecule has 6 nitrogen and oxygen atoms in total. The Morgan fingerprint density at radius 2 is 1.67 bits per heavy atom. The van der Waals surface area contributed by atoms with Crippen molar-refractivity contribution in [2.24, 2.45) is 16.7 Å². The zero-order chi connectivity index (χ0) is 19.8.